The lowest BCUT2D eigenvalue weighted by molar-refractivity contribution is 0.295. The van der Waals surface area contributed by atoms with Gasteiger partial charge in [-0.2, -0.15) is 0 Å². The molecule has 18 heavy (non-hydrogen) atoms. The van der Waals surface area contributed by atoms with Gasteiger partial charge in [-0.1, -0.05) is 29.8 Å². The average molecular weight is 265 g/mol. The Morgan fingerprint density at radius 3 is 2.72 bits per heavy atom. The van der Waals surface area contributed by atoms with Crippen LogP contribution >= 0.6 is 11.6 Å². The highest BCUT2D eigenvalue weighted by molar-refractivity contribution is 6.31. The largest absolute Gasteiger partial charge is 0.396 e. The van der Waals surface area contributed by atoms with Gasteiger partial charge in [-0.05, 0) is 18.6 Å². The molecule has 0 spiro atoms. The number of hydrogen-bond donors (Lipinski definition) is 1. The van der Waals surface area contributed by atoms with Crippen molar-refractivity contribution in [3.8, 4) is 0 Å². The van der Waals surface area contributed by atoms with Crippen LogP contribution < -0.4 is 0 Å². The fourth-order valence-corrected chi connectivity index (χ4v) is 2.33. The van der Waals surface area contributed by atoms with Crippen molar-refractivity contribution < 1.29 is 5.11 Å². The van der Waals surface area contributed by atoms with E-state index in [0.717, 1.165) is 34.2 Å². The van der Waals surface area contributed by atoms with Crippen molar-refractivity contribution >= 4 is 11.6 Å². The lowest BCUT2D eigenvalue weighted by Crippen LogP contribution is -2.05. The molecule has 0 radical (unpaired) electrons. The van der Waals surface area contributed by atoms with Crippen molar-refractivity contribution in [2.75, 3.05) is 6.61 Å². The van der Waals surface area contributed by atoms with Gasteiger partial charge in [0.25, 0.3) is 0 Å². The van der Waals surface area contributed by atoms with E-state index in [-0.39, 0.29) is 6.61 Å². The molecule has 0 amide bonds. The Morgan fingerprint density at radius 1 is 1.33 bits per heavy atom. The molecule has 1 aromatic carbocycles. The number of rotatable bonds is 4. The van der Waals surface area contributed by atoms with Gasteiger partial charge in [0, 0.05) is 30.6 Å². The van der Waals surface area contributed by atoms with Crippen LogP contribution in [0.3, 0.4) is 0 Å². The number of aliphatic hydroxyl groups excluding tert-OH is 1. The molecular weight excluding hydrogens is 248 g/mol. The second-order valence-electron chi connectivity index (χ2n) is 4.36. The van der Waals surface area contributed by atoms with E-state index in [9.17, 15) is 0 Å². The number of aliphatic hydroxyl groups is 1. The molecule has 96 valence electrons. The second kappa shape index (κ2) is 5.55. The zero-order valence-electron chi connectivity index (χ0n) is 10.7. The van der Waals surface area contributed by atoms with Crippen molar-refractivity contribution in [3.63, 3.8) is 0 Å². The summed E-state index contributed by atoms with van der Waals surface area (Å²) in [4.78, 5) is 4.49. The standard InChI is InChI=1S/C14H17ClN2O/c1-10-13(17(2)14(16-10)7-8-18)9-11-5-3-4-6-12(11)15/h3-6,18H,7-9H2,1-2H3. The van der Waals surface area contributed by atoms with Crippen LogP contribution in [0.2, 0.25) is 5.02 Å². The van der Waals surface area contributed by atoms with Crippen LogP contribution in [-0.2, 0) is 19.9 Å². The lowest BCUT2D eigenvalue weighted by atomic mass is 10.1. The third-order valence-corrected chi connectivity index (χ3v) is 3.53. The Balaban J connectivity index is 2.32. The van der Waals surface area contributed by atoms with Gasteiger partial charge in [-0.3, -0.25) is 0 Å². The minimum absolute atomic E-state index is 0.121. The number of aromatic nitrogens is 2. The van der Waals surface area contributed by atoms with Gasteiger partial charge in [0.2, 0.25) is 0 Å². The van der Waals surface area contributed by atoms with Gasteiger partial charge < -0.3 is 9.67 Å². The first-order valence-corrected chi connectivity index (χ1v) is 6.36. The maximum atomic E-state index is 9.00. The first-order valence-electron chi connectivity index (χ1n) is 5.98. The van der Waals surface area contributed by atoms with E-state index in [1.807, 2.05) is 38.2 Å². The average Bonchev–Trinajstić information content (AvgIpc) is 2.60. The van der Waals surface area contributed by atoms with Gasteiger partial charge in [-0.15, -0.1) is 0 Å². The third kappa shape index (κ3) is 2.57. The van der Waals surface area contributed by atoms with Gasteiger partial charge in [0.05, 0.1) is 12.3 Å². The molecule has 1 N–H and O–H groups in total. The molecule has 2 rings (SSSR count). The number of nitrogens with zero attached hydrogens (tertiary/aromatic N) is 2. The van der Waals surface area contributed by atoms with E-state index in [4.69, 9.17) is 16.7 Å². The van der Waals surface area contributed by atoms with Crippen LogP contribution in [0.25, 0.3) is 0 Å². The number of benzene rings is 1. The Labute approximate surface area is 112 Å². The van der Waals surface area contributed by atoms with Crippen molar-refractivity contribution in [2.24, 2.45) is 7.05 Å². The molecule has 0 bridgehead atoms. The maximum absolute atomic E-state index is 9.00. The topological polar surface area (TPSA) is 38.1 Å². The maximum Gasteiger partial charge on any atom is 0.111 e. The highest BCUT2D eigenvalue weighted by Gasteiger charge is 2.12. The van der Waals surface area contributed by atoms with Crippen molar-refractivity contribution in [2.45, 2.75) is 19.8 Å². The molecule has 4 heteroatoms. The molecule has 3 nitrogen and oxygen atoms in total. The lowest BCUT2D eigenvalue weighted by Gasteiger charge is -2.07. The molecule has 1 heterocycles. The number of halogens is 1. The first-order chi connectivity index (χ1) is 8.63. The summed E-state index contributed by atoms with van der Waals surface area (Å²) in [6, 6.07) is 7.85. The molecule has 0 aliphatic rings. The third-order valence-electron chi connectivity index (χ3n) is 3.16. The van der Waals surface area contributed by atoms with E-state index >= 15 is 0 Å². The Hall–Kier alpha value is -1.32. The van der Waals surface area contributed by atoms with E-state index in [1.165, 1.54) is 0 Å². The fraction of sp³-hybridized carbons (Fsp3) is 0.357. The predicted molar refractivity (Wildman–Crippen MR) is 73.0 cm³/mol. The van der Waals surface area contributed by atoms with Gasteiger partial charge in [0.15, 0.2) is 0 Å². The summed E-state index contributed by atoms with van der Waals surface area (Å²) < 4.78 is 2.05. The van der Waals surface area contributed by atoms with Crippen molar-refractivity contribution in [1.29, 1.82) is 0 Å². The van der Waals surface area contributed by atoms with Crippen LogP contribution in [0.15, 0.2) is 24.3 Å². The predicted octanol–water partition coefficient (Wildman–Crippen LogP) is 2.51. The Kier molecular flexibility index (Phi) is 4.04. The van der Waals surface area contributed by atoms with Gasteiger partial charge in [-0.25, -0.2) is 4.98 Å². The number of aryl methyl sites for hydroxylation is 1. The summed E-state index contributed by atoms with van der Waals surface area (Å²) in [6.45, 7) is 2.11. The van der Waals surface area contributed by atoms with Crippen LogP contribution in [0.1, 0.15) is 22.8 Å². The summed E-state index contributed by atoms with van der Waals surface area (Å²) >= 11 is 6.18. The molecule has 0 saturated carbocycles. The molecule has 0 fully saturated rings. The summed E-state index contributed by atoms with van der Waals surface area (Å²) in [6.07, 6.45) is 1.35. The fourth-order valence-electron chi connectivity index (χ4n) is 2.12. The molecule has 0 aliphatic heterocycles. The molecule has 0 aliphatic carbocycles. The summed E-state index contributed by atoms with van der Waals surface area (Å²) in [7, 11) is 1.98. The summed E-state index contributed by atoms with van der Waals surface area (Å²) in [5, 5.41) is 9.78. The number of hydrogen-bond acceptors (Lipinski definition) is 2. The zero-order chi connectivity index (χ0) is 13.1. The van der Waals surface area contributed by atoms with Gasteiger partial charge in [0.1, 0.15) is 5.82 Å². The smallest absolute Gasteiger partial charge is 0.111 e. The minimum atomic E-state index is 0.121. The van der Waals surface area contributed by atoms with Crippen LogP contribution in [-0.4, -0.2) is 21.3 Å². The minimum Gasteiger partial charge on any atom is -0.396 e. The SMILES string of the molecule is Cc1nc(CCO)n(C)c1Cc1ccccc1Cl. The molecule has 0 unspecified atom stereocenters. The van der Waals surface area contributed by atoms with Crippen LogP contribution in [0.5, 0.6) is 0 Å². The van der Waals surface area contributed by atoms with Crippen molar-refractivity contribution in [1.82, 2.24) is 9.55 Å². The zero-order valence-corrected chi connectivity index (χ0v) is 11.4. The Bertz CT molecular complexity index is 549. The number of imidazole rings is 1. The molecule has 2 aromatic rings. The van der Waals surface area contributed by atoms with E-state index in [2.05, 4.69) is 9.55 Å². The molecular formula is C14H17ClN2O. The molecule has 1 aromatic heterocycles. The van der Waals surface area contributed by atoms with Crippen LogP contribution in [0.4, 0.5) is 0 Å². The summed E-state index contributed by atoms with van der Waals surface area (Å²) in [5.74, 6) is 0.914. The second-order valence-corrected chi connectivity index (χ2v) is 4.77. The Morgan fingerprint density at radius 2 is 2.06 bits per heavy atom. The normalized spacial score (nSPS) is 10.9. The highest BCUT2D eigenvalue weighted by Crippen LogP contribution is 2.21. The van der Waals surface area contributed by atoms with E-state index in [0.29, 0.717) is 6.42 Å². The van der Waals surface area contributed by atoms with E-state index in [1.54, 1.807) is 0 Å². The summed E-state index contributed by atoms with van der Waals surface area (Å²) in [5.41, 5.74) is 3.24. The van der Waals surface area contributed by atoms with E-state index < -0.39 is 0 Å². The van der Waals surface area contributed by atoms with Crippen molar-refractivity contribution in [3.05, 3.63) is 52.1 Å². The highest BCUT2D eigenvalue weighted by atomic mass is 35.5. The first kappa shape index (κ1) is 13.1. The molecule has 0 saturated heterocycles. The van der Waals surface area contributed by atoms with Crippen LogP contribution in [0, 0.1) is 6.92 Å². The molecule has 0 atom stereocenters. The van der Waals surface area contributed by atoms with Gasteiger partial charge >= 0.3 is 0 Å². The monoisotopic (exact) mass is 264 g/mol. The quantitative estimate of drug-likeness (QED) is 0.922.